The van der Waals surface area contributed by atoms with Crippen LogP contribution in [0.5, 0.6) is 5.75 Å². The number of amides is 1. The second kappa shape index (κ2) is 5.60. The minimum atomic E-state index is -2.88. The smallest absolute Gasteiger partial charge is 0.387 e. The van der Waals surface area contributed by atoms with Gasteiger partial charge < -0.3 is 9.64 Å². The van der Waals surface area contributed by atoms with E-state index in [1.165, 1.54) is 6.07 Å². The Morgan fingerprint density at radius 1 is 1.33 bits per heavy atom. The molecule has 0 spiro atoms. The van der Waals surface area contributed by atoms with E-state index in [-0.39, 0.29) is 24.2 Å². The summed E-state index contributed by atoms with van der Waals surface area (Å²) in [6.07, 6.45) is 1.84. The van der Waals surface area contributed by atoms with Crippen LogP contribution in [0.2, 0.25) is 0 Å². The Kier molecular flexibility index (Phi) is 3.80. The lowest BCUT2D eigenvalue weighted by Gasteiger charge is -2.31. The van der Waals surface area contributed by atoms with Gasteiger partial charge in [-0.2, -0.15) is 8.78 Å². The van der Waals surface area contributed by atoms with Crippen LogP contribution in [0, 0.1) is 5.92 Å². The lowest BCUT2D eigenvalue weighted by Crippen LogP contribution is -2.39. The molecule has 2 fully saturated rings. The first-order valence-corrected chi connectivity index (χ1v) is 7.16. The van der Waals surface area contributed by atoms with Crippen molar-refractivity contribution in [1.82, 2.24) is 10.2 Å². The molecule has 0 radical (unpaired) electrons. The van der Waals surface area contributed by atoms with Crippen molar-refractivity contribution in [2.45, 2.75) is 38.6 Å². The molecular weight excluding hydrogens is 278 g/mol. The van der Waals surface area contributed by atoms with E-state index in [1.807, 2.05) is 6.92 Å². The van der Waals surface area contributed by atoms with Gasteiger partial charge in [-0.05, 0) is 31.7 Å². The molecule has 1 N–H and O–H groups in total. The minimum absolute atomic E-state index is 0.00579. The summed E-state index contributed by atoms with van der Waals surface area (Å²) in [4.78, 5) is 13.9. The van der Waals surface area contributed by atoms with Gasteiger partial charge in [-0.25, -0.2) is 0 Å². The largest absolute Gasteiger partial charge is 0.434 e. The molecule has 1 amide bonds. The average Bonchev–Trinajstić information content (AvgIpc) is 3.22. The van der Waals surface area contributed by atoms with Crippen molar-refractivity contribution in [3.05, 3.63) is 29.8 Å². The van der Waals surface area contributed by atoms with Gasteiger partial charge in [-0.3, -0.25) is 10.1 Å². The first-order chi connectivity index (χ1) is 10.1. The zero-order valence-electron chi connectivity index (χ0n) is 11.8. The highest BCUT2D eigenvalue weighted by molar-refractivity contribution is 5.81. The number of para-hydroxylation sites is 1. The van der Waals surface area contributed by atoms with Gasteiger partial charge in [-0.15, -0.1) is 0 Å². The van der Waals surface area contributed by atoms with Gasteiger partial charge in [0.25, 0.3) is 0 Å². The van der Waals surface area contributed by atoms with Gasteiger partial charge in [-0.1, -0.05) is 18.2 Å². The van der Waals surface area contributed by atoms with Crippen LogP contribution in [0.25, 0.3) is 0 Å². The molecular formula is C15H18F2N2O2. The number of nitrogens with one attached hydrogen (secondary N) is 1. The first-order valence-electron chi connectivity index (χ1n) is 7.16. The monoisotopic (exact) mass is 296 g/mol. The van der Waals surface area contributed by atoms with Gasteiger partial charge in [0.2, 0.25) is 5.91 Å². The highest BCUT2D eigenvalue weighted by atomic mass is 19.3. The third-order valence-corrected chi connectivity index (χ3v) is 4.19. The second-order valence-corrected chi connectivity index (χ2v) is 5.58. The van der Waals surface area contributed by atoms with Crippen molar-refractivity contribution in [2.24, 2.45) is 5.92 Å². The first kappa shape index (κ1) is 14.3. The van der Waals surface area contributed by atoms with E-state index in [0.717, 1.165) is 12.8 Å². The lowest BCUT2D eigenvalue weighted by molar-refractivity contribution is -0.130. The highest BCUT2D eigenvalue weighted by Gasteiger charge is 2.42. The summed E-state index contributed by atoms with van der Waals surface area (Å²) in [5.74, 6) is 0.637. The minimum Gasteiger partial charge on any atom is -0.434 e. The molecule has 0 aromatic heterocycles. The van der Waals surface area contributed by atoms with Gasteiger partial charge in [0.1, 0.15) is 11.9 Å². The summed E-state index contributed by atoms with van der Waals surface area (Å²) >= 11 is 0. The highest BCUT2D eigenvalue weighted by Crippen LogP contribution is 2.40. The van der Waals surface area contributed by atoms with Gasteiger partial charge in [0, 0.05) is 11.6 Å². The Bertz CT molecular complexity index is 534. The number of benzene rings is 1. The summed E-state index contributed by atoms with van der Waals surface area (Å²) in [6, 6.07) is 6.74. The molecule has 2 aliphatic rings. The maximum absolute atomic E-state index is 12.5. The van der Waals surface area contributed by atoms with Crippen LogP contribution < -0.4 is 10.1 Å². The van der Waals surface area contributed by atoms with Crippen LogP contribution in [0.1, 0.15) is 31.5 Å². The van der Waals surface area contributed by atoms with Crippen molar-refractivity contribution < 1.29 is 18.3 Å². The molecule has 1 aromatic carbocycles. The fourth-order valence-corrected chi connectivity index (χ4v) is 2.96. The van der Waals surface area contributed by atoms with E-state index in [9.17, 15) is 13.6 Å². The number of nitrogens with zero attached hydrogens (tertiary/aromatic N) is 1. The SMILES string of the molecule is CC(C1CC1)N1C(=O)CNC1c1ccccc1OC(F)F. The van der Waals surface area contributed by atoms with Gasteiger partial charge in [0.15, 0.2) is 0 Å². The fraction of sp³-hybridized carbons (Fsp3) is 0.533. The van der Waals surface area contributed by atoms with Crippen LogP contribution in [-0.4, -0.2) is 30.0 Å². The second-order valence-electron chi connectivity index (χ2n) is 5.58. The van der Waals surface area contributed by atoms with Crippen molar-refractivity contribution in [2.75, 3.05) is 6.54 Å². The Morgan fingerprint density at radius 3 is 2.71 bits per heavy atom. The maximum atomic E-state index is 12.5. The topological polar surface area (TPSA) is 41.6 Å². The molecule has 4 nitrogen and oxygen atoms in total. The van der Waals surface area contributed by atoms with Gasteiger partial charge in [0.05, 0.1) is 6.54 Å². The van der Waals surface area contributed by atoms with Crippen molar-refractivity contribution in [3.63, 3.8) is 0 Å². The molecule has 21 heavy (non-hydrogen) atoms. The Balaban J connectivity index is 1.89. The van der Waals surface area contributed by atoms with Crippen LogP contribution in [0.4, 0.5) is 8.78 Å². The van der Waals surface area contributed by atoms with E-state index < -0.39 is 12.8 Å². The lowest BCUT2D eigenvalue weighted by atomic mass is 10.1. The van der Waals surface area contributed by atoms with Gasteiger partial charge >= 0.3 is 6.61 Å². The summed E-state index contributed by atoms with van der Waals surface area (Å²) in [6.45, 7) is -0.630. The van der Waals surface area contributed by atoms with Crippen molar-refractivity contribution >= 4 is 5.91 Å². The number of rotatable bonds is 5. The van der Waals surface area contributed by atoms with Crippen molar-refractivity contribution in [3.8, 4) is 5.75 Å². The number of halogens is 2. The third kappa shape index (κ3) is 2.85. The summed E-state index contributed by atoms with van der Waals surface area (Å²) < 4.78 is 29.7. The molecule has 3 rings (SSSR count). The summed E-state index contributed by atoms with van der Waals surface area (Å²) in [7, 11) is 0. The molecule has 2 unspecified atom stereocenters. The molecule has 1 aromatic rings. The zero-order chi connectivity index (χ0) is 15.0. The number of hydrogen-bond donors (Lipinski definition) is 1. The molecule has 1 saturated carbocycles. The average molecular weight is 296 g/mol. The summed E-state index contributed by atoms with van der Waals surface area (Å²) in [5.41, 5.74) is 0.580. The normalized spacial score (nSPS) is 23.7. The molecule has 1 aliphatic heterocycles. The van der Waals surface area contributed by atoms with E-state index >= 15 is 0 Å². The molecule has 6 heteroatoms. The summed E-state index contributed by atoms with van der Waals surface area (Å²) in [5, 5.41) is 3.10. The predicted octanol–water partition coefficient (Wildman–Crippen LogP) is 2.52. The van der Waals surface area contributed by atoms with Crippen LogP contribution in [0.15, 0.2) is 24.3 Å². The molecule has 1 heterocycles. The zero-order valence-corrected chi connectivity index (χ0v) is 11.8. The third-order valence-electron chi connectivity index (χ3n) is 4.19. The molecule has 1 aliphatic carbocycles. The molecule has 114 valence electrons. The maximum Gasteiger partial charge on any atom is 0.387 e. The van der Waals surface area contributed by atoms with E-state index in [2.05, 4.69) is 10.1 Å². The predicted molar refractivity (Wildman–Crippen MR) is 72.8 cm³/mol. The van der Waals surface area contributed by atoms with Crippen LogP contribution in [0.3, 0.4) is 0 Å². The number of ether oxygens (including phenoxy) is 1. The van der Waals surface area contributed by atoms with E-state index in [0.29, 0.717) is 11.5 Å². The molecule has 2 atom stereocenters. The quantitative estimate of drug-likeness (QED) is 0.908. The molecule has 1 saturated heterocycles. The number of alkyl halides is 2. The van der Waals surface area contributed by atoms with Crippen LogP contribution in [-0.2, 0) is 4.79 Å². The fourth-order valence-electron chi connectivity index (χ4n) is 2.96. The Hall–Kier alpha value is -1.69. The molecule has 0 bridgehead atoms. The number of carbonyl (C=O) groups excluding carboxylic acids is 1. The Morgan fingerprint density at radius 2 is 2.05 bits per heavy atom. The van der Waals surface area contributed by atoms with E-state index in [1.54, 1.807) is 23.1 Å². The standard InChI is InChI=1S/C15H18F2N2O2/c1-9(10-6-7-10)19-13(20)8-18-14(19)11-4-2-3-5-12(11)21-15(16)17/h2-5,9-10,14-15,18H,6-8H2,1H3. The van der Waals surface area contributed by atoms with E-state index in [4.69, 9.17) is 0 Å². The Labute approximate surface area is 122 Å². The van der Waals surface area contributed by atoms with Crippen molar-refractivity contribution in [1.29, 1.82) is 0 Å². The van der Waals surface area contributed by atoms with Crippen LogP contribution >= 0.6 is 0 Å². The number of carbonyl (C=O) groups is 1. The number of hydrogen-bond acceptors (Lipinski definition) is 3.